The molecule has 0 spiro atoms. The summed E-state index contributed by atoms with van der Waals surface area (Å²) in [6.45, 7) is 0. The molecule has 0 atom stereocenters. The van der Waals surface area contributed by atoms with E-state index in [0.29, 0.717) is 0 Å². The second kappa shape index (κ2) is 16.1. The monoisotopic (exact) mass is 907 g/mol. The minimum Gasteiger partial charge on any atom is -0.309 e. The van der Waals surface area contributed by atoms with Gasteiger partial charge in [0.2, 0.25) is 0 Å². The maximum Gasteiger partial charge on any atom is 0.179 e. The van der Waals surface area contributed by atoms with Crippen molar-refractivity contribution >= 4 is 94.2 Å². The van der Waals surface area contributed by atoms with Gasteiger partial charge in [-0.2, -0.15) is 0 Å². The van der Waals surface area contributed by atoms with E-state index in [4.69, 9.17) is 0 Å². The molecule has 328 valence electrons. The van der Waals surface area contributed by atoms with E-state index in [0.717, 1.165) is 22.6 Å². The van der Waals surface area contributed by atoms with Crippen molar-refractivity contribution in [3.63, 3.8) is 0 Å². The Kier molecular flexibility index (Phi) is 9.23. The SMILES string of the molecule is c1ccc(-c2ccc3c4ccccc4n(-c4ccc5c6ccccc6n(-c6ccc7c8ccccc8n(-c8cccc([Si](c9ccccc9)(c9ccccc9)c9ccccc9)c8)c7c6)c5c4)c3c2)cc1. The molecule has 70 heavy (non-hydrogen) atoms. The molecule has 0 amide bonds. The molecule has 0 unspecified atom stereocenters. The molecular formula is C66H45N3Si. The van der Waals surface area contributed by atoms with E-state index in [-0.39, 0.29) is 0 Å². The van der Waals surface area contributed by atoms with Gasteiger partial charge in [-0.05, 0) is 92.5 Å². The van der Waals surface area contributed by atoms with Gasteiger partial charge in [0.05, 0.1) is 33.1 Å². The first-order chi connectivity index (χ1) is 34.7. The number of aromatic nitrogens is 3. The number of rotatable bonds is 8. The lowest BCUT2D eigenvalue weighted by Gasteiger charge is -2.34. The van der Waals surface area contributed by atoms with E-state index in [1.807, 2.05) is 0 Å². The lowest BCUT2D eigenvalue weighted by Crippen LogP contribution is -2.74. The highest BCUT2D eigenvalue weighted by atomic mass is 28.3. The zero-order valence-corrected chi connectivity index (χ0v) is 39.3. The minimum absolute atomic E-state index is 1.12. The van der Waals surface area contributed by atoms with Gasteiger partial charge in [-0.15, -0.1) is 0 Å². The van der Waals surface area contributed by atoms with Crippen LogP contribution in [0.15, 0.2) is 273 Å². The van der Waals surface area contributed by atoms with Crippen LogP contribution in [-0.4, -0.2) is 21.8 Å². The van der Waals surface area contributed by atoms with Crippen molar-refractivity contribution < 1.29 is 0 Å². The second-order valence-corrected chi connectivity index (χ2v) is 22.3. The van der Waals surface area contributed by atoms with E-state index in [1.54, 1.807) is 0 Å². The molecule has 0 aliphatic heterocycles. The first-order valence-corrected chi connectivity index (χ1v) is 26.2. The zero-order chi connectivity index (χ0) is 46.2. The maximum absolute atomic E-state index is 2.80. The van der Waals surface area contributed by atoms with Crippen LogP contribution in [0.25, 0.3) is 93.6 Å². The molecule has 0 bridgehead atoms. The van der Waals surface area contributed by atoms with Gasteiger partial charge >= 0.3 is 0 Å². The average molecular weight is 908 g/mol. The van der Waals surface area contributed by atoms with Crippen molar-refractivity contribution in [3.05, 3.63) is 273 Å². The molecule has 3 aromatic heterocycles. The summed E-state index contributed by atoms with van der Waals surface area (Å²) in [7, 11) is -2.80. The van der Waals surface area contributed by atoms with Crippen LogP contribution < -0.4 is 20.7 Å². The highest BCUT2D eigenvalue weighted by Gasteiger charge is 2.41. The number of fused-ring (bicyclic) bond motifs is 9. The summed E-state index contributed by atoms with van der Waals surface area (Å²) in [6.07, 6.45) is 0. The van der Waals surface area contributed by atoms with Crippen molar-refractivity contribution in [1.82, 2.24) is 13.7 Å². The molecule has 0 saturated carbocycles. The fraction of sp³-hybridized carbons (Fsp3) is 0. The molecule has 0 aliphatic rings. The Morgan fingerprint density at radius 3 is 1.00 bits per heavy atom. The van der Waals surface area contributed by atoms with Crippen LogP contribution in [0.3, 0.4) is 0 Å². The summed E-state index contributed by atoms with van der Waals surface area (Å²) in [5, 5.41) is 12.8. The highest BCUT2D eigenvalue weighted by molar-refractivity contribution is 7.19. The third-order valence-electron chi connectivity index (χ3n) is 14.8. The molecule has 4 heteroatoms. The number of benzene rings is 11. The normalized spacial score (nSPS) is 12.0. The van der Waals surface area contributed by atoms with E-state index >= 15 is 0 Å². The lowest BCUT2D eigenvalue weighted by molar-refractivity contribution is 1.15. The van der Waals surface area contributed by atoms with Crippen LogP contribution in [-0.2, 0) is 0 Å². The average Bonchev–Trinajstić information content (AvgIpc) is 4.07. The van der Waals surface area contributed by atoms with Crippen LogP contribution in [0.1, 0.15) is 0 Å². The molecule has 0 fully saturated rings. The summed E-state index contributed by atoms with van der Waals surface area (Å²) in [5.74, 6) is 0. The molecule has 14 rings (SSSR count). The molecular weight excluding hydrogens is 863 g/mol. The Morgan fingerprint density at radius 2 is 0.543 bits per heavy atom. The Bertz CT molecular complexity index is 4180. The standard InChI is InChI=1S/C66H45N3Si/c1-5-20-46(21-6-1)47-36-39-58-55-30-13-17-34-62(55)68(64(58)42-47)49-37-40-60-57-32-15-18-35-63(57)69(66(60)44-49)50-38-41-59-56-31-14-16-33-61(56)67(65(59)45-50)48-22-19-29-54(43-48)70(51-23-7-2-8-24-51,52-25-9-3-10-26-52)53-27-11-4-12-28-53/h1-45H. The maximum atomic E-state index is 2.50. The predicted octanol–water partition coefficient (Wildman–Crippen LogP) is 14.0. The second-order valence-electron chi connectivity index (χ2n) is 18.5. The van der Waals surface area contributed by atoms with Gasteiger partial charge in [0.15, 0.2) is 8.07 Å². The van der Waals surface area contributed by atoms with Gasteiger partial charge in [-0.25, -0.2) is 0 Å². The van der Waals surface area contributed by atoms with Gasteiger partial charge in [0.1, 0.15) is 0 Å². The molecule has 14 aromatic rings. The van der Waals surface area contributed by atoms with Crippen LogP contribution in [0.5, 0.6) is 0 Å². The lowest BCUT2D eigenvalue weighted by atomic mass is 10.0. The predicted molar refractivity (Wildman–Crippen MR) is 299 cm³/mol. The third-order valence-corrected chi connectivity index (χ3v) is 19.5. The molecule has 0 aliphatic carbocycles. The van der Waals surface area contributed by atoms with E-state index in [1.165, 1.54) is 91.8 Å². The third kappa shape index (κ3) is 6.07. The molecule has 0 radical (unpaired) electrons. The summed E-state index contributed by atoms with van der Waals surface area (Å²) >= 11 is 0. The fourth-order valence-electron chi connectivity index (χ4n) is 11.8. The van der Waals surface area contributed by atoms with Crippen molar-refractivity contribution in [2.45, 2.75) is 0 Å². The molecule has 3 nitrogen and oxygen atoms in total. The topological polar surface area (TPSA) is 14.8 Å². The van der Waals surface area contributed by atoms with Gasteiger partial charge < -0.3 is 13.7 Å². The first-order valence-electron chi connectivity index (χ1n) is 24.2. The van der Waals surface area contributed by atoms with Crippen molar-refractivity contribution in [2.24, 2.45) is 0 Å². The summed E-state index contributed by atoms with van der Waals surface area (Å²) in [4.78, 5) is 0. The van der Waals surface area contributed by atoms with Crippen LogP contribution >= 0.6 is 0 Å². The fourth-order valence-corrected chi connectivity index (χ4v) is 16.5. The minimum atomic E-state index is -2.80. The molecule has 0 saturated heterocycles. The Hall–Kier alpha value is -8.96. The van der Waals surface area contributed by atoms with E-state index in [9.17, 15) is 0 Å². The van der Waals surface area contributed by atoms with Crippen LogP contribution in [0.2, 0.25) is 0 Å². The number of para-hydroxylation sites is 3. The van der Waals surface area contributed by atoms with Crippen molar-refractivity contribution in [2.75, 3.05) is 0 Å². The summed E-state index contributed by atoms with van der Waals surface area (Å²) in [6, 6.07) is 101. The van der Waals surface area contributed by atoms with Crippen molar-refractivity contribution in [1.29, 1.82) is 0 Å². The number of hydrogen-bond donors (Lipinski definition) is 0. The number of nitrogens with zero attached hydrogens (tertiary/aromatic N) is 3. The Morgan fingerprint density at radius 1 is 0.200 bits per heavy atom. The smallest absolute Gasteiger partial charge is 0.179 e. The van der Waals surface area contributed by atoms with Gasteiger partial charge in [-0.3, -0.25) is 0 Å². The van der Waals surface area contributed by atoms with Crippen LogP contribution in [0, 0.1) is 0 Å². The molecule has 0 N–H and O–H groups in total. The largest absolute Gasteiger partial charge is 0.309 e. The van der Waals surface area contributed by atoms with E-state index in [2.05, 4.69) is 287 Å². The highest BCUT2D eigenvalue weighted by Crippen LogP contribution is 2.40. The van der Waals surface area contributed by atoms with Gasteiger partial charge in [-0.1, -0.05) is 212 Å². The van der Waals surface area contributed by atoms with Gasteiger partial charge in [0.25, 0.3) is 0 Å². The van der Waals surface area contributed by atoms with E-state index < -0.39 is 8.07 Å². The van der Waals surface area contributed by atoms with Crippen molar-refractivity contribution in [3.8, 4) is 28.2 Å². The molecule has 11 aromatic carbocycles. The summed E-state index contributed by atoms with van der Waals surface area (Å²) < 4.78 is 7.43. The zero-order valence-electron chi connectivity index (χ0n) is 38.3. The molecule has 3 heterocycles. The van der Waals surface area contributed by atoms with Crippen LogP contribution in [0.4, 0.5) is 0 Å². The first kappa shape index (κ1) is 40.1. The Balaban J connectivity index is 1.00. The summed E-state index contributed by atoms with van der Waals surface area (Å²) in [5.41, 5.74) is 12.9. The Labute approximate surface area is 407 Å². The quantitative estimate of drug-likeness (QED) is 0.107. The number of hydrogen-bond acceptors (Lipinski definition) is 0. The van der Waals surface area contributed by atoms with Gasteiger partial charge in [0, 0.05) is 49.4 Å².